The normalized spacial score (nSPS) is 18.0. The molecule has 1 N–H and O–H groups in total. The van der Waals surface area contributed by atoms with Crippen LogP contribution in [0.3, 0.4) is 0 Å². The average Bonchev–Trinajstić information content (AvgIpc) is 2.87. The maximum atomic E-state index is 12.6. The van der Waals surface area contributed by atoms with Crippen LogP contribution in [0, 0.1) is 0 Å². The van der Waals surface area contributed by atoms with Crippen LogP contribution in [0.25, 0.3) is 0 Å². The Kier molecular flexibility index (Phi) is 4.42. The van der Waals surface area contributed by atoms with Crippen LogP contribution in [-0.4, -0.2) is 16.8 Å². The molecule has 0 unspecified atom stereocenters. The van der Waals surface area contributed by atoms with Crippen LogP contribution >= 0.6 is 15.9 Å². The fraction of sp³-hybridized carbons (Fsp3) is 0.500. The third-order valence-corrected chi connectivity index (χ3v) is 4.72. The molecule has 2 rings (SSSR count). The molecule has 0 radical (unpaired) electrons. The number of amides is 1. The third-order valence-electron chi connectivity index (χ3n) is 3.65. The summed E-state index contributed by atoms with van der Waals surface area (Å²) in [6, 6.07) is 4.52. The SMILES string of the molecule is O=C(NC1(CBr)CCCC1)c1cccc(C(F)(F)F)c1. The van der Waals surface area contributed by atoms with Crippen LogP contribution in [0.15, 0.2) is 24.3 Å². The van der Waals surface area contributed by atoms with E-state index < -0.39 is 17.6 Å². The first-order valence-corrected chi connectivity index (χ1v) is 7.54. The first-order valence-electron chi connectivity index (χ1n) is 6.42. The summed E-state index contributed by atoms with van der Waals surface area (Å²) in [5.74, 6) is -0.447. The Balaban J connectivity index is 2.17. The molecule has 1 amide bonds. The van der Waals surface area contributed by atoms with Crippen molar-refractivity contribution in [2.75, 3.05) is 5.33 Å². The molecule has 1 aromatic carbocycles. The Morgan fingerprint density at radius 1 is 1.30 bits per heavy atom. The fourth-order valence-corrected chi connectivity index (χ4v) is 3.19. The van der Waals surface area contributed by atoms with Crippen molar-refractivity contribution in [3.63, 3.8) is 0 Å². The predicted octanol–water partition coefficient (Wildman–Crippen LogP) is 4.14. The molecule has 110 valence electrons. The van der Waals surface area contributed by atoms with Gasteiger partial charge in [0.25, 0.3) is 5.91 Å². The van der Waals surface area contributed by atoms with Gasteiger partial charge in [0.15, 0.2) is 0 Å². The van der Waals surface area contributed by atoms with E-state index in [1.54, 1.807) is 0 Å². The molecule has 1 saturated carbocycles. The van der Waals surface area contributed by atoms with Gasteiger partial charge >= 0.3 is 6.18 Å². The third kappa shape index (κ3) is 3.34. The molecule has 0 aliphatic heterocycles. The molecule has 0 bridgehead atoms. The number of halogens is 4. The summed E-state index contributed by atoms with van der Waals surface area (Å²) in [5, 5.41) is 3.50. The highest BCUT2D eigenvalue weighted by Crippen LogP contribution is 2.32. The van der Waals surface area contributed by atoms with Gasteiger partial charge in [-0.1, -0.05) is 34.8 Å². The number of alkyl halides is 4. The standard InChI is InChI=1S/C14H15BrF3NO/c15-9-13(6-1-2-7-13)19-12(20)10-4-3-5-11(8-10)14(16,17)18/h3-5,8H,1-2,6-7,9H2,(H,19,20). The Morgan fingerprint density at radius 3 is 2.50 bits per heavy atom. The van der Waals surface area contributed by atoms with Crippen LogP contribution in [0.4, 0.5) is 13.2 Å². The lowest BCUT2D eigenvalue weighted by Gasteiger charge is -2.28. The first-order chi connectivity index (χ1) is 9.36. The van der Waals surface area contributed by atoms with E-state index in [0.717, 1.165) is 37.8 Å². The summed E-state index contributed by atoms with van der Waals surface area (Å²) < 4.78 is 37.9. The summed E-state index contributed by atoms with van der Waals surface area (Å²) in [6.07, 6.45) is -0.689. The summed E-state index contributed by atoms with van der Waals surface area (Å²) in [6.45, 7) is 0. The molecule has 1 aliphatic carbocycles. The highest BCUT2D eigenvalue weighted by atomic mass is 79.9. The van der Waals surface area contributed by atoms with Crippen molar-refractivity contribution in [3.8, 4) is 0 Å². The van der Waals surface area contributed by atoms with E-state index in [0.29, 0.717) is 5.33 Å². The maximum absolute atomic E-state index is 12.6. The van der Waals surface area contributed by atoms with E-state index in [1.807, 2.05) is 0 Å². The number of carbonyl (C=O) groups excluding carboxylic acids is 1. The Morgan fingerprint density at radius 2 is 1.95 bits per heavy atom. The predicted molar refractivity (Wildman–Crippen MR) is 73.9 cm³/mol. The van der Waals surface area contributed by atoms with Crippen molar-refractivity contribution >= 4 is 21.8 Å². The van der Waals surface area contributed by atoms with Crippen molar-refractivity contribution < 1.29 is 18.0 Å². The number of hydrogen-bond acceptors (Lipinski definition) is 1. The van der Waals surface area contributed by atoms with Gasteiger partial charge in [-0.25, -0.2) is 0 Å². The molecule has 1 aromatic rings. The number of nitrogens with one attached hydrogen (secondary N) is 1. The summed E-state index contributed by atoms with van der Waals surface area (Å²) >= 11 is 3.39. The van der Waals surface area contributed by atoms with Crippen molar-refractivity contribution in [2.24, 2.45) is 0 Å². The molecule has 1 fully saturated rings. The van der Waals surface area contributed by atoms with Crippen LogP contribution in [-0.2, 0) is 6.18 Å². The van der Waals surface area contributed by atoms with Crippen molar-refractivity contribution in [3.05, 3.63) is 35.4 Å². The number of rotatable bonds is 3. The van der Waals surface area contributed by atoms with E-state index in [9.17, 15) is 18.0 Å². The molecule has 0 aromatic heterocycles. The molecular formula is C14H15BrF3NO. The Hall–Kier alpha value is -1.04. The van der Waals surface area contributed by atoms with Gasteiger partial charge in [0.2, 0.25) is 0 Å². The van der Waals surface area contributed by atoms with Gasteiger partial charge in [0.05, 0.1) is 11.1 Å². The zero-order valence-corrected chi connectivity index (χ0v) is 12.4. The molecule has 0 saturated heterocycles. The van der Waals surface area contributed by atoms with E-state index in [2.05, 4.69) is 21.2 Å². The summed E-state index contributed by atoms with van der Waals surface area (Å²) in [5.41, 5.74) is -1.08. The highest BCUT2D eigenvalue weighted by Gasteiger charge is 2.35. The Bertz CT molecular complexity index is 495. The van der Waals surface area contributed by atoms with Crippen molar-refractivity contribution in [1.29, 1.82) is 0 Å². The molecule has 2 nitrogen and oxygen atoms in total. The molecule has 20 heavy (non-hydrogen) atoms. The second kappa shape index (κ2) is 5.76. The zero-order valence-electron chi connectivity index (χ0n) is 10.8. The van der Waals surface area contributed by atoms with Crippen molar-refractivity contribution in [2.45, 2.75) is 37.4 Å². The van der Waals surface area contributed by atoms with Crippen molar-refractivity contribution in [1.82, 2.24) is 5.32 Å². The average molecular weight is 350 g/mol. The van der Waals surface area contributed by atoms with E-state index in [4.69, 9.17) is 0 Å². The monoisotopic (exact) mass is 349 g/mol. The number of hydrogen-bond donors (Lipinski definition) is 1. The topological polar surface area (TPSA) is 29.1 Å². The highest BCUT2D eigenvalue weighted by molar-refractivity contribution is 9.09. The van der Waals surface area contributed by atoms with Crippen LogP contribution < -0.4 is 5.32 Å². The van der Waals surface area contributed by atoms with Gasteiger partial charge in [-0.3, -0.25) is 4.79 Å². The lowest BCUT2D eigenvalue weighted by molar-refractivity contribution is -0.137. The van der Waals surface area contributed by atoms with Crippen LogP contribution in [0.1, 0.15) is 41.6 Å². The number of benzene rings is 1. The Labute approximate surface area is 123 Å². The fourth-order valence-electron chi connectivity index (χ4n) is 2.49. The second-order valence-electron chi connectivity index (χ2n) is 5.15. The molecule has 6 heteroatoms. The molecule has 0 heterocycles. The van der Waals surface area contributed by atoms with E-state index >= 15 is 0 Å². The minimum absolute atomic E-state index is 0.0482. The summed E-state index contributed by atoms with van der Waals surface area (Å²) in [7, 11) is 0. The maximum Gasteiger partial charge on any atom is 0.416 e. The van der Waals surface area contributed by atoms with Gasteiger partial charge in [-0.2, -0.15) is 13.2 Å². The molecular weight excluding hydrogens is 335 g/mol. The van der Waals surface area contributed by atoms with Gasteiger partial charge in [-0.15, -0.1) is 0 Å². The van der Waals surface area contributed by atoms with E-state index in [1.165, 1.54) is 12.1 Å². The molecule has 1 aliphatic rings. The van der Waals surface area contributed by atoms with Gasteiger partial charge in [0.1, 0.15) is 0 Å². The quantitative estimate of drug-likeness (QED) is 0.816. The van der Waals surface area contributed by atoms with Crippen LogP contribution in [0.5, 0.6) is 0 Å². The van der Waals surface area contributed by atoms with Gasteiger partial charge < -0.3 is 5.32 Å². The largest absolute Gasteiger partial charge is 0.416 e. The van der Waals surface area contributed by atoms with Gasteiger partial charge in [0, 0.05) is 10.9 Å². The minimum Gasteiger partial charge on any atom is -0.346 e. The molecule has 0 atom stereocenters. The summed E-state index contributed by atoms with van der Waals surface area (Å²) in [4.78, 5) is 12.1. The minimum atomic E-state index is -4.43. The number of carbonyl (C=O) groups is 1. The smallest absolute Gasteiger partial charge is 0.346 e. The first kappa shape index (κ1) is 15.4. The van der Waals surface area contributed by atoms with Gasteiger partial charge in [-0.05, 0) is 31.0 Å². The zero-order chi connectivity index (χ0) is 14.8. The van der Waals surface area contributed by atoms with Crippen LogP contribution in [0.2, 0.25) is 0 Å². The lowest BCUT2D eigenvalue weighted by atomic mass is 9.99. The lowest BCUT2D eigenvalue weighted by Crippen LogP contribution is -2.47. The molecule has 0 spiro atoms. The second-order valence-corrected chi connectivity index (χ2v) is 5.71. The van der Waals surface area contributed by atoms with E-state index in [-0.39, 0.29) is 11.1 Å².